The first-order valence-corrected chi connectivity index (χ1v) is 9.93. The lowest BCUT2D eigenvalue weighted by Crippen LogP contribution is -2.28. The predicted molar refractivity (Wildman–Crippen MR) is 91.9 cm³/mol. The van der Waals surface area contributed by atoms with Crippen LogP contribution in [0, 0.1) is 23.7 Å². The van der Waals surface area contributed by atoms with Crippen LogP contribution in [0.3, 0.4) is 0 Å². The van der Waals surface area contributed by atoms with Crippen LogP contribution in [-0.4, -0.2) is 11.1 Å². The Hall–Kier alpha value is -0.530. The lowest BCUT2D eigenvalue weighted by atomic mass is 9.68. The smallest absolute Gasteiger partial charge is 0.306 e. The minimum atomic E-state index is -0.565. The average molecular weight is 309 g/mol. The molecule has 128 valence electrons. The van der Waals surface area contributed by atoms with E-state index in [0.29, 0.717) is 0 Å². The molecule has 0 amide bonds. The van der Waals surface area contributed by atoms with E-state index in [9.17, 15) is 4.79 Å². The van der Waals surface area contributed by atoms with Gasteiger partial charge in [-0.05, 0) is 56.3 Å². The molecule has 0 aromatic heterocycles. The molecule has 0 atom stereocenters. The van der Waals surface area contributed by atoms with Gasteiger partial charge in [-0.1, -0.05) is 58.3 Å². The molecule has 2 fully saturated rings. The van der Waals surface area contributed by atoms with Gasteiger partial charge in [0.2, 0.25) is 0 Å². The van der Waals surface area contributed by atoms with Gasteiger partial charge in [0.05, 0.1) is 5.92 Å². The molecule has 0 bridgehead atoms. The molecule has 0 unspecified atom stereocenters. The Morgan fingerprint density at radius 2 is 1.36 bits per heavy atom. The summed E-state index contributed by atoms with van der Waals surface area (Å²) in [6, 6.07) is 0. The highest BCUT2D eigenvalue weighted by Crippen LogP contribution is 2.42. The molecule has 0 aromatic rings. The SMILES string of the molecule is CCCCCCCC1CCC([C@H]2CC[C@H](C(=O)O)CC2)CC1. The monoisotopic (exact) mass is 308 g/mol. The molecule has 2 rings (SSSR count). The largest absolute Gasteiger partial charge is 0.481 e. The van der Waals surface area contributed by atoms with Crippen LogP contribution < -0.4 is 0 Å². The highest BCUT2D eigenvalue weighted by Gasteiger charge is 2.32. The summed E-state index contributed by atoms with van der Waals surface area (Å²) in [4.78, 5) is 11.0. The van der Waals surface area contributed by atoms with E-state index in [2.05, 4.69) is 6.92 Å². The average Bonchev–Trinajstić information content (AvgIpc) is 2.55. The zero-order valence-corrected chi connectivity index (χ0v) is 14.6. The summed E-state index contributed by atoms with van der Waals surface area (Å²) in [7, 11) is 0. The van der Waals surface area contributed by atoms with Crippen LogP contribution in [0.5, 0.6) is 0 Å². The predicted octanol–water partition coefficient (Wildman–Crippen LogP) is 6.04. The summed E-state index contributed by atoms with van der Waals surface area (Å²) in [5, 5.41) is 9.11. The maximum absolute atomic E-state index is 11.0. The summed E-state index contributed by atoms with van der Waals surface area (Å²) in [6.45, 7) is 2.28. The van der Waals surface area contributed by atoms with Crippen molar-refractivity contribution in [2.75, 3.05) is 0 Å². The van der Waals surface area contributed by atoms with Crippen LogP contribution in [0.15, 0.2) is 0 Å². The van der Waals surface area contributed by atoms with E-state index in [1.807, 2.05) is 0 Å². The van der Waals surface area contributed by atoms with Gasteiger partial charge in [0.25, 0.3) is 0 Å². The van der Waals surface area contributed by atoms with Crippen molar-refractivity contribution >= 4 is 5.97 Å². The Balaban J connectivity index is 1.58. The van der Waals surface area contributed by atoms with Crippen molar-refractivity contribution in [2.24, 2.45) is 23.7 Å². The molecule has 22 heavy (non-hydrogen) atoms. The third-order valence-electron chi connectivity index (χ3n) is 6.40. The van der Waals surface area contributed by atoms with Gasteiger partial charge >= 0.3 is 5.97 Å². The van der Waals surface area contributed by atoms with Crippen molar-refractivity contribution in [1.29, 1.82) is 0 Å². The molecule has 0 aliphatic heterocycles. The maximum Gasteiger partial charge on any atom is 0.306 e. The molecular weight excluding hydrogens is 272 g/mol. The molecule has 2 aliphatic carbocycles. The Morgan fingerprint density at radius 1 is 0.818 bits per heavy atom. The standard InChI is InChI=1S/C20H36O2/c1-2-3-4-5-6-7-16-8-10-17(11-9-16)18-12-14-19(15-13-18)20(21)22/h16-19H,2-15H2,1H3,(H,21,22)/t16?,17?,18-,19-. The van der Waals surface area contributed by atoms with Gasteiger partial charge in [-0.25, -0.2) is 0 Å². The van der Waals surface area contributed by atoms with E-state index in [4.69, 9.17) is 5.11 Å². The molecule has 1 N–H and O–H groups in total. The summed E-state index contributed by atoms with van der Waals surface area (Å²) in [5.41, 5.74) is 0. The van der Waals surface area contributed by atoms with Crippen LogP contribution in [-0.2, 0) is 4.79 Å². The second-order valence-electron chi connectivity index (χ2n) is 7.93. The molecule has 0 heterocycles. The van der Waals surface area contributed by atoms with Gasteiger partial charge < -0.3 is 5.11 Å². The molecule has 2 saturated carbocycles. The normalized spacial score (nSPS) is 32.8. The van der Waals surface area contributed by atoms with E-state index in [1.54, 1.807) is 0 Å². The highest BCUT2D eigenvalue weighted by atomic mass is 16.4. The highest BCUT2D eigenvalue weighted by molar-refractivity contribution is 5.69. The third kappa shape index (κ3) is 5.59. The Kier molecular flexibility index (Phi) is 7.75. The second-order valence-corrected chi connectivity index (χ2v) is 7.93. The lowest BCUT2D eigenvalue weighted by molar-refractivity contribution is -0.143. The summed E-state index contributed by atoms with van der Waals surface area (Å²) < 4.78 is 0. The quantitative estimate of drug-likeness (QED) is 0.555. The van der Waals surface area contributed by atoms with Gasteiger partial charge in [-0.15, -0.1) is 0 Å². The van der Waals surface area contributed by atoms with Crippen LogP contribution in [0.4, 0.5) is 0 Å². The van der Waals surface area contributed by atoms with E-state index in [-0.39, 0.29) is 5.92 Å². The van der Waals surface area contributed by atoms with E-state index in [0.717, 1.165) is 30.6 Å². The molecule has 0 aromatic carbocycles. The van der Waals surface area contributed by atoms with Gasteiger partial charge in [0.1, 0.15) is 0 Å². The first-order valence-electron chi connectivity index (χ1n) is 9.93. The van der Waals surface area contributed by atoms with E-state index in [1.165, 1.54) is 77.0 Å². The molecule has 2 nitrogen and oxygen atoms in total. The van der Waals surface area contributed by atoms with Gasteiger partial charge in [-0.3, -0.25) is 4.79 Å². The topological polar surface area (TPSA) is 37.3 Å². The first kappa shape index (κ1) is 17.8. The van der Waals surface area contributed by atoms with Gasteiger partial charge in [0, 0.05) is 0 Å². The lowest BCUT2D eigenvalue weighted by Gasteiger charge is -2.37. The molecular formula is C20H36O2. The minimum absolute atomic E-state index is 0.0456. The van der Waals surface area contributed by atoms with Crippen LogP contribution in [0.25, 0.3) is 0 Å². The van der Waals surface area contributed by atoms with Crippen molar-refractivity contribution < 1.29 is 9.90 Å². The van der Waals surface area contributed by atoms with E-state index >= 15 is 0 Å². The van der Waals surface area contributed by atoms with Gasteiger partial charge in [-0.2, -0.15) is 0 Å². The summed E-state index contributed by atoms with van der Waals surface area (Å²) in [5.74, 6) is 2.13. The van der Waals surface area contributed by atoms with E-state index < -0.39 is 5.97 Å². The van der Waals surface area contributed by atoms with Crippen molar-refractivity contribution in [3.63, 3.8) is 0 Å². The van der Waals surface area contributed by atoms with Crippen molar-refractivity contribution in [3.8, 4) is 0 Å². The Labute approximate surface area is 137 Å². The van der Waals surface area contributed by atoms with Crippen LogP contribution >= 0.6 is 0 Å². The number of hydrogen-bond donors (Lipinski definition) is 1. The maximum atomic E-state index is 11.0. The zero-order valence-electron chi connectivity index (χ0n) is 14.6. The number of hydrogen-bond acceptors (Lipinski definition) is 1. The second kappa shape index (κ2) is 9.57. The minimum Gasteiger partial charge on any atom is -0.481 e. The van der Waals surface area contributed by atoms with Gasteiger partial charge in [0.15, 0.2) is 0 Å². The Morgan fingerprint density at radius 3 is 1.91 bits per heavy atom. The third-order valence-corrected chi connectivity index (χ3v) is 6.40. The van der Waals surface area contributed by atoms with Crippen LogP contribution in [0.1, 0.15) is 96.8 Å². The van der Waals surface area contributed by atoms with Crippen molar-refractivity contribution in [2.45, 2.75) is 96.8 Å². The fourth-order valence-electron chi connectivity index (χ4n) is 4.82. The molecule has 0 radical (unpaired) electrons. The molecule has 0 spiro atoms. The number of aliphatic carboxylic acids is 1. The number of unbranched alkanes of at least 4 members (excludes halogenated alkanes) is 4. The Bertz CT molecular complexity index is 310. The van der Waals surface area contributed by atoms with Crippen molar-refractivity contribution in [1.82, 2.24) is 0 Å². The zero-order chi connectivity index (χ0) is 15.8. The van der Waals surface area contributed by atoms with Crippen molar-refractivity contribution in [3.05, 3.63) is 0 Å². The molecule has 2 heteroatoms. The number of carboxylic acids is 1. The summed E-state index contributed by atoms with van der Waals surface area (Å²) >= 11 is 0. The first-order chi connectivity index (χ1) is 10.7. The summed E-state index contributed by atoms with van der Waals surface area (Å²) in [6.07, 6.45) is 18.4. The molecule has 2 aliphatic rings. The number of rotatable bonds is 8. The number of carbonyl (C=O) groups is 1. The molecule has 0 saturated heterocycles. The fraction of sp³-hybridized carbons (Fsp3) is 0.950. The van der Waals surface area contributed by atoms with Crippen LogP contribution in [0.2, 0.25) is 0 Å². The fourth-order valence-corrected chi connectivity index (χ4v) is 4.82. The number of carboxylic acid groups (broad SMARTS) is 1.